The van der Waals surface area contributed by atoms with E-state index in [1.165, 1.54) is 6.92 Å². The zero-order chi connectivity index (χ0) is 17.7. The molecule has 1 aromatic rings. The monoisotopic (exact) mass is 338 g/mol. The Morgan fingerprint density at radius 1 is 1.04 bits per heavy atom. The molecule has 8 heteroatoms. The van der Waals surface area contributed by atoms with Crippen LogP contribution in [-0.4, -0.2) is 54.2 Å². The standard InChI is InChI=1S/C16H18O8/c1-9(17)22-13-12(24-16(20)14(13)23-10(2)18)8-21-15(19)11-6-4-3-5-7-11/h3-7,12-14,16,20H,8H2,1-2H3. The Morgan fingerprint density at radius 2 is 1.62 bits per heavy atom. The molecule has 1 fully saturated rings. The van der Waals surface area contributed by atoms with Crippen molar-refractivity contribution in [1.82, 2.24) is 0 Å². The highest BCUT2D eigenvalue weighted by Crippen LogP contribution is 2.26. The van der Waals surface area contributed by atoms with Crippen LogP contribution in [0.25, 0.3) is 0 Å². The number of carbonyl (C=O) groups excluding carboxylic acids is 3. The Hall–Kier alpha value is -2.45. The van der Waals surface area contributed by atoms with Crippen molar-refractivity contribution in [3.8, 4) is 0 Å². The molecule has 4 unspecified atom stereocenters. The molecule has 0 aliphatic carbocycles. The summed E-state index contributed by atoms with van der Waals surface area (Å²) in [5.74, 6) is -1.90. The van der Waals surface area contributed by atoms with E-state index in [9.17, 15) is 19.5 Å². The molecule has 8 nitrogen and oxygen atoms in total. The molecule has 1 aliphatic heterocycles. The molecule has 1 saturated heterocycles. The van der Waals surface area contributed by atoms with Crippen LogP contribution in [0.5, 0.6) is 0 Å². The van der Waals surface area contributed by atoms with Gasteiger partial charge in [0.2, 0.25) is 0 Å². The summed E-state index contributed by atoms with van der Waals surface area (Å²) in [6.45, 7) is 2.05. The van der Waals surface area contributed by atoms with Gasteiger partial charge in [-0.25, -0.2) is 4.79 Å². The predicted octanol–water partition coefficient (Wildman–Crippen LogP) is 0.424. The lowest BCUT2D eigenvalue weighted by Crippen LogP contribution is -2.41. The molecule has 0 spiro atoms. The van der Waals surface area contributed by atoms with Crippen LogP contribution in [0.1, 0.15) is 24.2 Å². The van der Waals surface area contributed by atoms with Gasteiger partial charge in [-0.1, -0.05) is 18.2 Å². The molecule has 1 N–H and O–H groups in total. The average Bonchev–Trinajstić information content (AvgIpc) is 2.81. The SMILES string of the molecule is CC(=O)OC1C(O)OC(COC(=O)c2ccccc2)C1OC(C)=O. The maximum atomic E-state index is 11.9. The third kappa shape index (κ3) is 4.53. The van der Waals surface area contributed by atoms with Crippen LogP contribution in [-0.2, 0) is 28.5 Å². The van der Waals surface area contributed by atoms with Crippen LogP contribution in [0.4, 0.5) is 0 Å². The second-order valence-electron chi connectivity index (χ2n) is 5.18. The van der Waals surface area contributed by atoms with Crippen LogP contribution in [0.15, 0.2) is 30.3 Å². The molecule has 130 valence electrons. The molecule has 1 aliphatic rings. The minimum atomic E-state index is -1.49. The number of hydrogen-bond acceptors (Lipinski definition) is 8. The fourth-order valence-corrected chi connectivity index (χ4v) is 2.31. The van der Waals surface area contributed by atoms with Crippen LogP contribution >= 0.6 is 0 Å². The summed E-state index contributed by atoms with van der Waals surface area (Å²) in [7, 11) is 0. The molecule has 0 radical (unpaired) electrons. The summed E-state index contributed by atoms with van der Waals surface area (Å²) in [5.41, 5.74) is 0.344. The van der Waals surface area contributed by atoms with Crippen LogP contribution in [0.3, 0.4) is 0 Å². The highest BCUT2D eigenvalue weighted by atomic mass is 16.7. The van der Waals surface area contributed by atoms with E-state index in [4.69, 9.17) is 18.9 Å². The summed E-state index contributed by atoms with van der Waals surface area (Å²) in [5, 5.41) is 9.84. The van der Waals surface area contributed by atoms with Crippen molar-refractivity contribution >= 4 is 17.9 Å². The Morgan fingerprint density at radius 3 is 2.21 bits per heavy atom. The van der Waals surface area contributed by atoms with Gasteiger partial charge in [-0.15, -0.1) is 0 Å². The van der Waals surface area contributed by atoms with E-state index in [-0.39, 0.29) is 6.61 Å². The average molecular weight is 338 g/mol. The lowest BCUT2D eigenvalue weighted by molar-refractivity contribution is -0.174. The first-order valence-corrected chi connectivity index (χ1v) is 7.28. The van der Waals surface area contributed by atoms with Gasteiger partial charge in [0, 0.05) is 13.8 Å². The van der Waals surface area contributed by atoms with Gasteiger partial charge in [0.05, 0.1) is 5.56 Å². The van der Waals surface area contributed by atoms with E-state index in [1.807, 2.05) is 0 Å². The predicted molar refractivity (Wildman–Crippen MR) is 78.7 cm³/mol. The molecule has 0 bridgehead atoms. The minimum Gasteiger partial charge on any atom is -0.459 e. The molecule has 0 saturated carbocycles. The van der Waals surface area contributed by atoms with Crippen molar-refractivity contribution in [2.24, 2.45) is 0 Å². The highest BCUT2D eigenvalue weighted by Gasteiger charge is 2.49. The van der Waals surface area contributed by atoms with Gasteiger partial charge < -0.3 is 24.1 Å². The quantitative estimate of drug-likeness (QED) is 0.608. The molecule has 1 aromatic carbocycles. The van der Waals surface area contributed by atoms with Gasteiger partial charge >= 0.3 is 17.9 Å². The van der Waals surface area contributed by atoms with E-state index in [0.717, 1.165) is 6.92 Å². The number of hydrogen-bond donors (Lipinski definition) is 1. The smallest absolute Gasteiger partial charge is 0.338 e. The van der Waals surface area contributed by atoms with Gasteiger partial charge in [0.1, 0.15) is 12.7 Å². The first-order chi connectivity index (χ1) is 11.4. The number of aliphatic hydroxyl groups is 1. The number of rotatable bonds is 5. The van der Waals surface area contributed by atoms with Crippen molar-refractivity contribution in [2.75, 3.05) is 6.61 Å². The van der Waals surface area contributed by atoms with E-state index < -0.39 is 42.5 Å². The molecule has 0 aromatic heterocycles. The fourth-order valence-electron chi connectivity index (χ4n) is 2.31. The molecular formula is C16H18O8. The van der Waals surface area contributed by atoms with E-state index in [0.29, 0.717) is 5.56 Å². The third-order valence-corrected chi connectivity index (χ3v) is 3.28. The Bertz CT molecular complexity index is 599. The Labute approximate surface area is 138 Å². The maximum Gasteiger partial charge on any atom is 0.338 e. The third-order valence-electron chi connectivity index (χ3n) is 3.28. The van der Waals surface area contributed by atoms with Gasteiger partial charge in [-0.05, 0) is 12.1 Å². The molecule has 2 rings (SSSR count). The van der Waals surface area contributed by atoms with Crippen molar-refractivity contribution in [1.29, 1.82) is 0 Å². The molecule has 24 heavy (non-hydrogen) atoms. The fraction of sp³-hybridized carbons (Fsp3) is 0.438. The van der Waals surface area contributed by atoms with E-state index in [2.05, 4.69) is 0 Å². The molecular weight excluding hydrogens is 320 g/mol. The molecule has 0 amide bonds. The summed E-state index contributed by atoms with van der Waals surface area (Å²) in [6.07, 6.45) is -4.71. The molecule has 1 heterocycles. The first kappa shape index (κ1) is 17.9. The summed E-state index contributed by atoms with van der Waals surface area (Å²) < 4.78 is 20.3. The summed E-state index contributed by atoms with van der Waals surface area (Å²) in [4.78, 5) is 34.3. The topological polar surface area (TPSA) is 108 Å². The number of ether oxygens (including phenoxy) is 4. The number of aliphatic hydroxyl groups excluding tert-OH is 1. The van der Waals surface area contributed by atoms with Gasteiger partial charge in [-0.2, -0.15) is 0 Å². The zero-order valence-electron chi connectivity index (χ0n) is 13.2. The number of carbonyl (C=O) groups is 3. The van der Waals surface area contributed by atoms with Crippen LogP contribution in [0, 0.1) is 0 Å². The van der Waals surface area contributed by atoms with E-state index in [1.54, 1.807) is 30.3 Å². The van der Waals surface area contributed by atoms with Gasteiger partial charge in [0.25, 0.3) is 0 Å². The number of esters is 3. The summed E-state index contributed by atoms with van der Waals surface area (Å²) in [6, 6.07) is 8.29. The van der Waals surface area contributed by atoms with Crippen molar-refractivity contribution in [3.05, 3.63) is 35.9 Å². The largest absolute Gasteiger partial charge is 0.459 e. The second kappa shape index (κ2) is 7.89. The normalized spacial score (nSPS) is 25.8. The molecule has 4 atom stereocenters. The lowest BCUT2D eigenvalue weighted by Gasteiger charge is -2.22. The van der Waals surface area contributed by atoms with Crippen molar-refractivity contribution in [2.45, 2.75) is 38.4 Å². The zero-order valence-corrected chi connectivity index (χ0v) is 13.2. The van der Waals surface area contributed by atoms with Crippen molar-refractivity contribution < 1.29 is 38.4 Å². The van der Waals surface area contributed by atoms with Crippen LogP contribution < -0.4 is 0 Å². The maximum absolute atomic E-state index is 11.9. The number of benzene rings is 1. The second-order valence-corrected chi connectivity index (χ2v) is 5.18. The van der Waals surface area contributed by atoms with Gasteiger partial charge in [0.15, 0.2) is 18.5 Å². The Balaban J connectivity index is 2.03. The summed E-state index contributed by atoms with van der Waals surface area (Å²) >= 11 is 0. The lowest BCUT2D eigenvalue weighted by atomic mass is 10.1. The highest BCUT2D eigenvalue weighted by molar-refractivity contribution is 5.89. The van der Waals surface area contributed by atoms with Crippen LogP contribution in [0.2, 0.25) is 0 Å². The Kier molecular flexibility index (Phi) is 5.88. The minimum absolute atomic E-state index is 0.277. The first-order valence-electron chi connectivity index (χ1n) is 7.28. The van der Waals surface area contributed by atoms with E-state index >= 15 is 0 Å². The van der Waals surface area contributed by atoms with Crippen molar-refractivity contribution in [3.63, 3.8) is 0 Å². The van der Waals surface area contributed by atoms with Gasteiger partial charge in [-0.3, -0.25) is 9.59 Å².